The number of hydrazone groups is 2. The Balaban J connectivity index is 1.73. The maximum absolute atomic E-state index is 11.8. The summed E-state index contributed by atoms with van der Waals surface area (Å²) in [6, 6.07) is 18.8. The van der Waals surface area contributed by atoms with Crippen molar-refractivity contribution in [3.8, 4) is 0 Å². The van der Waals surface area contributed by atoms with Crippen molar-refractivity contribution in [2.24, 2.45) is 10.2 Å². The smallest absolute Gasteiger partial charge is 0.244 e. The summed E-state index contributed by atoms with van der Waals surface area (Å²) in [5, 5.41) is 7.74. The predicted octanol–water partition coefficient (Wildman–Crippen LogP) is 2.07. The van der Waals surface area contributed by atoms with E-state index in [1.807, 2.05) is 60.7 Å². The first kappa shape index (κ1) is 18.1. The van der Waals surface area contributed by atoms with Crippen LogP contribution in [0, 0.1) is 0 Å². The van der Waals surface area contributed by atoms with Gasteiger partial charge in [-0.05, 0) is 18.1 Å². The van der Waals surface area contributed by atoms with E-state index in [0.717, 1.165) is 11.1 Å². The lowest BCUT2D eigenvalue weighted by Crippen LogP contribution is -2.22. The fourth-order valence-corrected chi connectivity index (χ4v) is 2.02. The van der Waals surface area contributed by atoms with Gasteiger partial charge in [-0.25, -0.2) is 10.9 Å². The fourth-order valence-electron chi connectivity index (χ4n) is 2.02. The number of hydrogen-bond acceptors (Lipinski definition) is 4. The van der Waals surface area contributed by atoms with Gasteiger partial charge in [-0.1, -0.05) is 60.7 Å². The van der Waals surface area contributed by atoms with Crippen LogP contribution in [0.15, 0.2) is 70.9 Å². The fraction of sp³-hybridized carbons (Fsp3) is 0.158. The molecule has 0 aliphatic carbocycles. The first-order valence-electron chi connectivity index (χ1n) is 7.86. The molecule has 0 aromatic heterocycles. The van der Waals surface area contributed by atoms with Crippen LogP contribution >= 0.6 is 0 Å². The largest absolute Gasteiger partial charge is 0.273 e. The average molecular weight is 336 g/mol. The number of benzene rings is 2. The van der Waals surface area contributed by atoms with Crippen LogP contribution in [0.5, 0.6) is 0 Å². The first-order valence-corrected chi connectivity index (χ1v) is 7.86. The zero-order chi connectivity index (χ0) is 17.9. The molecule has 2 N–H and O–H groups in total. The van der Waals surface area contributed by atoms with Crippen molar-refractivity contribution in [3.05, 3.63) is 71.8 Å². The van der Waals surface area contributed by atoms with Gasteiger partial charge in [0.1, 0.15) is 0 Å². The molecule has 0 spiro atoms. The number of rotatable bonds is 7. The van der Waals surface area contributed by atoms with Crippen LogP contribution in [0.1, 0.15) is 18.1 Å². The second-order valence-corrected chi connectivity index (χ2v) is 5.41. The molecule has 0 aliphatic heterocycles. The van der Waals surface area contributed by atoms with E-state index in [4.69, 9.17) is 0 Å². The summed E-state index contributed by atoms with van der Waals surface area (Å²) in [6.07, 6.45) is 1.89. The lowest BCUT2D eigenvalue weighted by Gasteiger charge is -2.01. The Morgan fingerprint density at radius 2 is 1.32 bits per heavy atom. The minimum atomic E-state index is -0.219. The molecule has 0 saturated heterocycles. The standard InChI is InChI=1S/C19H20N4O2/c1-15(21-23-19(25)13-17-10-6-3-7-11-17)14-20-22-18(24)12-16-8-4-2-5-9-16/h2-11,14H,12-13H2,1H3,(H,22,24)(H,23,25)/b20-14-,21-15+. The molecule has 0 unspecified atom stereocenters. The molecule has 0 aliphatic rings. The summed E-state index contributed by atoms with van der Waals surface area (Å²) in [5.41, 5.74) is 7.18. The summed E-state index contributed by atoms with van der Waals surface area (Å²) in [4.78, 5) is 23.5. The van der Waals surface area contributed by atoms with Crippen molar-refractivity contribution >= 4 is 23.7 Å². The van der Waals surface area contributed by atoms with E-state index in [-0.39, 0.29) is 24.7 Å². The summed E-state index contributed by atoms with van der Waals surface area (Å²) in [7, 11) is 0. The minimum absolute atomic E-state index is 0.216. The van der Waals surface area contributed by atoms with Crippen molar-refractivity contribution in [2.75, 3.05) is 0 Å². The second kappa shape index (κ2) is 9.77. The van der Waals surface area contributed by atoms with Crippen LogP contribution in [0.25, 0.3) is 0 Å². The van der Waals surface area contributed by atoms with Crippen LogP contribution < -0.4 is 10.9 Å². The van der Waals surface area contributed by atoms with E-state index in [0.29, 0.717) is 5.71 Å². The first-order chi connectivity index (χ1) is 12.1. The summed E-state index contributed by atoms with van der Waals surface area (Å²) < 4.78 is 0. The molecular formula is C19H20N4O2. The van der Waals surface area contributed by atoms with Crippen LogP contribution in [-0.2, 0) is 22.4 Å². The van der Waals surface area contributed by atoms with Gasteiger partial charge in [-0.3, -0.25) is 9.59 Å². The van der Waals surface area contributed by atoms with Crippen LogP contribution in [-0.4, -0.2) is 23.7 Å². The van der Waals surface area contributed by atoms with Crippen LogP contribution in [0.4, 0.5) is 0 Å². The van der Waals surface area contributed by atoms with Crippen LogP contribution in [0.2, 0.25) is 0 Å². The maximum atomic E-state index is 11.8. The quantitative estimate of drug-likeness (QED) is 0.599. The molecule has 6 nitrogen and oxygen atoms in total. The van der Waals surface area contributed by atoms with E-state index in [1.54, 1.807) is 6.92 Å². The van der Waals surface area contributed by atoms with Crippen molar-refractivity contribution in [2.45, 2.75) is 19.8 Å². The number of amides is 2. The van der Waals surface area contributed by atoms with Gasteiger partial charge < -0.3 is 0 Å². The van der Waals surface area contributed by atoms with Crippen molar-refractivity contribution in [1.82, 2.24) is 10.9 Å². The molecule has 25 heavy (non-hydrogen) atoms. The van der Waals surface area contributed by atoms with Gasteiger partial charge in [0.05, 0.1) is 24.8 Å². The van der Waals surface area contributed by atoms with Crippen molar-refractivity contribution in [1.29, 1.82) is 0 Å². The lowest BCUT2D eigenvalue weighted by molar-refractivity contribution is -0.121. The Morgan fingerprint density at radius 3 is 1.84 bits per heavy atom. The summed E-state index contributed by atoms with van der Waals surface area (Å²) in [6.45, 7) is 1.68. The van der Waals surface area contributed by atoms with Gasteiger partial charge in [-0.15, -0.1) is 0 Å². The summed E-state index contributed by atoms with van der Waals surface area (Å²) >= 11 is 0. The second-order valence-electron chi connectivity index (χ2n) is 5.41. The lowest BCUT2D eigenvalue weighted by atomic mass is 10.1. The highest BCUT2D eigenvalue weighted by atomic mass is 16.2. The van der Waals surface area contributed by atoms with E-state index in [2.05, 4.69) is 21.1 Å². The minimum Gasteiger partial charge on any atom is -0.273 e. The number of carbonyl (C=O) groups excluding carboxylic acids is 2. The Morgan fingerprint density at radius 1 is 0.840 bits per heavy atom. The molecule has 6 heteroatoms. The third-order valence-corrected chi connectivity index (χ3v) is 3.21. The number of carbonyl (C=O) groups is 2. The van der Waals surface area contributed by atoms with Gasteiger partial charge in [0.25, 0.3) is 0 Å². The number of nitrogens with zero attached hydrogens (tertiary/aromatic N) is 2. The SMILES string of the molecule is CC(/C=N\NC(=O)Cc1ccccc1)=N\NC(=O)Cc1ccccc1. The average Bonchev–Trinajstić information content (AvgIpc) is 2.62. The Labute approximate surface area is 146 Å². The van der Waals surface area contributed by atoms with Crippen LogP contribution in [0.3, 0.4) is 0 Å². The van der Waals surface area contributed by atoms with E-state index < -0.39 is 0 Å². The monoisotopic (exact) mass is 336 g/mol. The molecule has 2 rings (SSSR count). The Kier molecular flexibility index (Phi) is 7.06. The third kappa shape index (κ3) is 7.22. The molecule has 2 aromatic rings. The molecule has 2 aromatic carbocycles. The maximum Gasteiger partial charge on any atom is 0.244 e. The highest BCUT2D eigenvalue weighted by Crippen LogP contribution is 1.99. The normalized spacial score (nSPS) is 11.3. The zero-order valence-corrected chi connectivity index (χ0v) is 14.0. The predicted molar refractivity (Wildman–Crippen MR) is 98.2 cm³/mol. The molecule has 2 amide bonds. The zero-order valence-electron chi connectivity index (χ0n) is 14.0. The molecular weight excluding hydrogens is 316 g/mol. The molecule has 0 atom stereocenters. The molecule has 0 heterocycles. The highest BCUT2D eigenvalue weighted by Gasteiger charge is 2.02. The molecule has 0 saturated carbocycles. The van der Waals surface area contributed by atoms with Gasteiger partial charge in [0.15, 0.2) is 0 Å². The number of hydrogen-bond donors (Lipinski definition) is 2. The van der Waals surface area contributed by atoms with E-state index >= 15 is 0 Å². The topological polar surface area (TPSA) is 82.9 Å². The Bertz CT molecular complexity index is 756. The number of nitrogens with one attached hydrogen (secondary N) is 2. The van der Waals surface area contributed by atoms with Gasteiger partial charge in [-0.2, -0.15) is 10.2 Å². The van der Waals surface area contributed by atoms with Crippen molar-refractivity contribution < 1.29 is 9.59 Å². The third-order valence-electron chi connectivity index (χ3n) is 3.21. The van der Waals surface area contributed by atoms with E-state index in [1.165, 1.54) is 6.21 Å². The molecule has 0 fully saturated rings. The van der Waals surface area contributed by atoms with E-state index in [9.17, 15) is 9.59 Å². The molecule has 0 bridgehead atoms. The van der Waals surface area contributed by atoms with Gasteiger partial charge in [0, 0.05) is 0 Å². The Hall–Kier alpha value is -3.28. The van der Waals surface area contributed by atoms with Gasteiger partial charge in [0.2, 0.25) is 11.8 Å². The highest BCUT2D eigenvalue weighted by molar-refractivity contribution is 6.29. The molecule has 128 valence electrons. The summed E-state index contributed by atoms with van der Waals surface area (Å²) in [5.74, 6) is -0.435. The van der Waals surface area contributed by atoms with Gasteiger partial charge >= 0.3 is 0 Å². The molecule has 0 radical (unpaired) electrons. The van der Waals surface area contributed by atoms with Crippen molar-refractivity contribution in [3.63, 3.8) is 0 Å².